The van der Waals surface area contributed by atoms with Crippen molar-refractivity contribution in [1.29, 1.82) is 0 Å². The Balaban J connectivity index is 2.52. The molecule has 0 fully saturated rings. The van der Waals surface area contributed by atoms with E-state index >= 15 is 0 Å². The topological polar surface area (TPSA) is 45.5 Å². The van der Waals surface area contributed by atoms with Crippen molar-refractivity contribution >= 4 is 23.2 Å². The van der Waals surface area contributed by atoms with Crippen molar-refractivity contribution in [2.75, 3.05) is 13.1 Å². The number of carbonyl (C=O) groups excluding carboxylic acids is 1. The van der Waals surface area contributed by atoms with Gasteiger partial charge < -0.3 is 9.32 Å². The molecule has 106 valence electrons. The molecule has 19 heavy (non-hydrogen) atoms. The van der Waals surface area contributed by atoms with E-state index < -0.39 is 0 Å². The van der Waals surface area contributed by atoms with Crippen molar-refractivity contribution in [3.8, 4) is 0 Å². The quantitative estimate of drug-likeness (QED) is 0.780. The Morgan fingerprint density at radius 3 is 2.42 bits per heavy atom. The predicted octanol–water partition coefficient (Wildman–Crippen LogP) is 3.20. The summed E-state index contributed by atoms with van der Waals surface area (Å²) in [7, 11) is 0. The summed E-state index contributed by atoms with van der Waals surface area (Å²) < 4.78 is 5.05. The Hall–Kier alpha value is -1.36. The lowest BCUT2D eigenvalue weighted by molar-refractivity contribution is 0.0946. The number of unbranched alkanes of at least 4 members (excludes halogenated alkanes) is 2. The highest BCUT2D eigenvalue weighted by Gasteiger charge is 2.14. The Morgan fingerprint density at radius 2 is 1.95 bits per heavy atom. The zero-order valence-electron chi connectivity index (χ0n) is 11.6. The summed E-state index contributed by atoms with van der Waals surface area (Å²) in [5.41, 5.74) is 0. The summed E-state index contributed by atoms with van der Waals surface area (Å²) in [6.07, 6.45) is 5.83. The Bertz CT molecular complexity index is 382. The van der Waals surface area contributed by atoms with Crippen LogP contribution in [0.15, 0.2) is 22.8 Å². The lowest BCUT2D eigenvalue weighted by Gasteiger charge is -2.24. The highest BCUT2D eigenvalue weighted by atomic mass is 32.1. The predicted molar refractivity (Wildman–Crippen MR) is 80.2 cm³/mol. The van der Waals surface area contributed by atoms with Gasteiger partial charge in [-0.15, -0.1) is 0 Å². The lowest BCUT2D eigenvalue weighted by Crippen LogP contribution is -2.43. The fourth-order valence-electron chi connectivity index (χ4n) is 1.66. The average Bonchev–Trinajstić information content (AvgIpc) is 2.92. The summed E-state index contributed by atoms with van der Waals surface area (Å²) >= 11 is 5.30. The molecule has 1 aromatic heterocycles. The van der Waals surface area contributed by atoms with E-state index in [9.17, 15) is 4.79 Å². The number of nitrogens with zero attached hydrogens (tertiary/aromatic N) is 1. The molecular formula is C14H22N2O2S. The minimum atomic E-state index is -0.284. The van der Waals surface area contributed by atoms with Crippen LogP contribution in [0.3, 0.4) is 0 Å². The van der Waals surface area contributed by atoms with E-state index in [2.05, 4.69) is 24.1 Å². The number of amides is 1. The second kappa shape index (κ2) is 8.69. The molecule has 1 heterocycles. The molecule has 0 radical (unpaired) electrons. The van der Waals surface area contributed by atoms with Crippen LogP contribution in [-0.4, -0.2) is 29.0 Å². The van der Waals surface area contributed by atoms with Crippen LogP contribution in [0.2, 0.25) is 0 Å². The van der Waals surface area contributed by atoms with Crippen LogP contribution in [0.1, 0.15) is 50.1 Å². The molecule has 1 aromatic rings. The maximum Gasteiger partial charge on any atom is 0.293 e. The van der Waals surface area contributed by atoms with Crippen LogP contribution >= 0.6 is 12.2 Å². The molecule has 0 aliphatic carbocycles. The molecule has 0 unspecified atom stereocenters. The van der Waals surface area contributed by atoms with E-state index in [0.717, 1.165) is 38.8 Å². The van der Waals surface area contributed by atoms with Crippen molar-refractivity contribution in [3.05, 3.63) is 24.2 Å². The van der Waals surface area contributed by atoms with E-state index in [4.69, 9.17) is 16.6 Å². The first kappa shape index (κ1) is 15.7. The summed E-state index contributed by atoms with van der Waals surface area (Å²) in [4.78, 5) is 13.9. The zero-order valence-corrected chi connectivity index (χ0v) is 12.5. The highest BCUT2D eigenvalue weighted by molar-refractivity contribution is 7.80. The maximum absolute atomic E-state index is 11.8. The fraction of sp³-hybridized carbons (Fsp3) is 0.571. The molecule has 0 aliphatic rings. The number of carbonyl (C=O) groups is 1. The second-order valence-electron chi connectivity index (χ2n) is 4.43. The Morgan fingerprint density at radius 1 is 1.32 bits per heavy atom. The third kappa shape index (κ3) is 5.42. The molecule has 1 amide bonds. The van der Waals surface area contributed by atoms with Gasteiger partial charge in [-0.25, -0.2) is 0 Å². The molecular weight excluding hydrogens is 260 g/mol. The summed E-state index contributed by atoms with van der Waals surface area (Å²) in [6.45, 7) is 6.05. The normalized spacial score (nSPS) is 10.2. The van der Waals surface area contributed by atoms with Gasteiger partial charge in [-0.1, -0.05) is 26.7 Å². The van der Waals surface area contributed by atoms with Crippen LogP contribution in [-0.2, 0) is 0 Å². The number of hydrogen-bond acceptors (Lipinski definition) is 3. The van der Waals surface area contributed by atoms with Gasteiger partial charge in [-0.05, 0) is 37.2 Å². The molecule has 0 atom stereocenters. The van der Waals surface area contributed by atoms with Crippen molar-refractivity contribution in [1.82, 2.24) is 10.2 Å². The average molecular weight is 282 g/mol. The first-order valence-corrected chi connectivity index (χ1v) is 7.23. The van der Waals surface area contributed by atoms with Crippen LogP contribution < -0.4 is 5.32 Å². The molecule has 0 saturated carbocycles. The van der Waals surface area contributed by atoms with E-state index in [1.54, 1.807) is 12.1 Å². The highest BCUT2D eigenvalue weighted by Crippen LogP contribution is 2.03. The Kier molecular flexibility index (Phi) is 7.18. The molecule has 1 rings (SSSR count). The lowest BCUT2D eigenvalue weighted by atomic mass is 10.3. The van der Waals surface area contributed by atoms with Crippen molar-refractivity contribution in [3.63, 3.8) is 0 Å². The van der Waals surface area contributed by atoms with Gasteiger partial charge in [0.25, 0.3) is 5.91 Å². The number of furan rings is 1. The molecule has 1 N–H and O–H groups in total. The van der Waals surface area contributed by atoms with Crippen LogP contribution in [0, 0.1) is 0 Å². The van der Waals surface area contributed by atoms with Crippen molar-refractivity contribution in [2.24, 2.45) is 0 Å². The standard InChI is InChI=1S/C14H22N2O2S/c1-3-5-9-16(10-6-4-2)14(19)15-13(17)12-8-7-11-18-12/h7-8,11H,3-6,9-10H2,1-2H3,(H,15,17,19). The molecule has 0 spiro atoms. The number of rotatable bonds is 7. The molecule has 0 bridgehead atoms. The molecule has 4 nitrogen and oxygen atoms in total. The first-order chi connectivity index (χ1) is 9.19. The zero-order chi connectivity index (χ0) is 14.1. The van der Waals surface area contributed by atoms with E-state index in [0.29, 0.717) is 5.11 Å². The SMILES string of the molecule is CCCCN(CCCC)C(=S)NC(=O)c1ccco1. The van der Waals surface area contributed by atoms with Crippen LogP contribution in [0.5, 0.6) is 0 Å². The van der Waals surface area contributed by atoms with Crippen molar-refractivity contribution < 1.29 is 9.21 Å². The largest absolute Gasteiger partial charge is 0.459 e. The number of nitrogens with one attached hydrogen (secondary N) is 1. The molecule has 0 aromatic carbocycles. The van der Waals surface area contributed by atoms with E-state index in [1.165, 1.54) is 6.26 Å². The monoisotopic (exact) mass is 282 g/mol. The van der Waals surface area contributed by atoms with Gasteiger partial charge in [-0.3, -0.25) is 10.1 Å². The van der Waals surface area contributed by atoms with Gasteiger partial charge in [-0.2, -0.15) is 0 Å². The third-order valence-electron chi connectivity index (χ3n) is 2.82. The number of thiocarbonyl (C=S) groups is 1. The van der Waals surface area contributed by atoms with Gasteiger partial charge in [0.1, 0.15) is 0 Å². The van der Waals surface area contributed by atoms with E-state index in [-0.39, 0.29) is 11.7 Å². The summed E-state index contributed by atoms with van der Waals surface area (Å²) in [5, 5.41) is 3.21. The minimum absolute atomic E-state index is 0.284. The van der Waals surface area contributed by atoms with Crippen LogP contribution in [0.25, 0.3) is 0 Å². The molecule has 5 heteroatoms. The first-order valence-electron chi connectivity index (χ1n) is 6.82. The number of hydrogen-bond donors (Lipinski definition) is 1. The van der Waals surface area contributed by atoms with Gasteiger partial charge in [0.05, 0.1) is 6.26 Å². The molecule has 0 saturated heterocycles. The van der Waals surface area contributed by atoms with Crippen molar-refractivity contribution in [2.45, 2.75) is 39.5 Å². The maximum atomic E-state index is 11.8. The minimum Gasteiger partial charge on any atom is -0.459 e. The molecule has 0 aliphatic heterocycles. The van der Waals surface area contributed by atoms with E-state index in [1.807, 2.05) is 0 Å². The smallest absolute Gasteiger partial charge is 0.293 e. The summed E-state index contributed by atoms with van der Waals surface area (Å²) in [5.74, 6) is 0.00119. The Labute approximate surface area is 120 Å². The fourth-order valence-corrected chi connectivity index (χ4v) is 1.93. The summed E-state index contributed by atoms with van der Waals surface area (Å²) in [6, 6.07) is 3.31. The van der Waals surface area contributed by atoms with Crippen LogP contribution in [0.4, 0.5) is 0 Å². The van der Waals surface area contributed by atoms with Gasteiger partial charge >= 0.3 is 0 Å². The second-order valence-corrected chi connectivity index (χ2v) is 4.82. The third-order valence-corrected chi connectivity index (χ3v) is 3.18. The van der Waals surface area contributed by atoms with Gasteiger partial charge in [0.2, 0.25) is 0 Å². The van der Waals surface area contributed by atoms with Gasteiger partial charge in [0.15, 0.2) is 10.9 Å². The van der Waals surface area contributed by atoms with Gasteiger partial charge in [0, 0.05) is 13.1 Å².